The summed E-state index contributed by atoms with van der Waals surface area (Å²) < 4.78 is 0. The molecule has 4 heteroatoms. The van der Waals surface area contributed by atoms with E-state index in [1.54, 1.807) is 0 Å². The summed E-state index contributed by atoms with van der Waals surface area (Å²) in [4.78, 5) is 14.0. The lowest BCUT2D eigenvalue weighted by Gasteiger charge is -2.26. The summed E-state index contributed by atoms with van der Waals surface area (Å²) in [6.45, 7) is 4.51. The number of amides is 1. The second-order valence-corrected chi connectivity index (χ2v) is 5.16. The van der Waals surface area contributed by atoms with Crippen molar-refractivity contribution < 1.29 is 4.79 Å². The number of nitrogens with zero attached hydrogens (tertiary/aromatic N) is 1. The van der Waals surface area contributed by atoms with E-state index in [9.17, 15) is 4.79 Å². The van der Waals surface area contributed by atoms with Crippen molar-refractivity contribution in [2.75, 3.05) is 30.7 Å². The summed E-state index contributed by atoms with van der Waals surface area (Å²) >= 11 is 0. The van der Waals surface area contributed by atoms with Crippen molar-refractivity contribution in [2.24, 2.45) is 0 Å². The Labute approximate surface area is 115 Å². The number of hydrogen-bond donors (Lipinski definition) is 2. The van der Waals surface area contributed by atoms with Gasteiger partial charge in [-0.25, -0.2) is 0 Å². The Hall–Kier alpha value is -1.71. The third kappa shape index (κ3) is 3.63. The molecule has 1 fully saturated rings. The molecule has 104 valence electrons. The van der Waals surface area contributed by atoms with Gasteiger partial charge in [0.1, 0.15) is 0 Å². The van der Waals surface area contributed by atoms with Crippen LogP contribution in [0.3, 0.4) is 0 Å². The fraction of sp³-hybridized carbons (Fsp3) is 0.533. The van der Waals surface area contributed by atoms with E-state index >= 15 is 0 Å². The topological polar surface area (TPSA) is 58.4 Å². The SMILES string of the molecule is Cc1cccc(N)c1NCCC(=O)N1CCCCC1. The smallest absolute Gasteiger partial charge is 0.224 e. The number of benzene rings is 1. The Balaban J connectivity index is 1.81. The van der Waals surface area contributed by atoms with Crippen LogP contribution in [0.2, 0.25) is 0 Å². The Morgan fingerprint density at radius 3 is 2.74 bits per heavy atom. The molecular formula is C15H23N3O. The van der Waals surface area contributed by atoms with Crippen molar-refractivity contribution in [1.82, 2.24) is 4.90 Å². The highest BCUT2D eigenvalue weighted by atomic mass is 16.2. The first-order valence-corrected chi connectivity index (χ1v) is 7.05. The molecular weight excluding hydrogens is 238 g/mol. The number of anilines is 2. The van der Waals surface area contributed by atoms with Crippen LogP contribution in [-0.2, 0) is 4.79 Å². The highest BCUT2D eigenvalue weighted by Crippen LogP contribution is 2.22. The number of carbonyl (C=O) groups is 1. The predicted molar refractivity (Wildman–Crippen MR) is 79.1 cm³/mol. The van der Waals surface area contributed by atoms with Crippen LogP contribution in [0.5, 0.6) is 0 Å². The molecule has 1 amide bonds. The van der Waals surface area contributed by atoms with E-state index in [1.165, 1.54) is 6.42 Å². The van der Waals surface area contributed by atoms with E-state index < -0.39 is 0 Å². The molecule has 0 aliphatic carbocycles. The van der Waals surface area contributed by atoms with Crippen LogP contribution in [0.1, 0.15) is 31.2 Å². The Kier molecular flexibility index (Phi) is 4.66. The van der Waals surface area contributed by atoms with Crippen molar-refractivity contribution in [1.29, 1.82) is 0 Å². The maximum atomic E-state index is 12.0. The molecule has 0 saturated carbocycles. The summed E-state index contributed by atoms with van der Waals surface area (Å²) in [7, 11) is 0. The highest BCUT2D eigenvalue weighted by Gasteiger charge is 2.15. The van der Waals surface area contributed by atoms with Crippen molar-refractivity contribution >= 4 is 17.3 Å². The van der Waals surface area contributed by atoms with Crippen LogP contribution < -0.4 is 11.1 Å². The number of aryl methyl sites for hydroxylation is 1. The van der Waals surface area contributed by atoms with Gasteiger partial charge in [0.05, 0.1) is 11.4 Å². The zero-order chi connectivity index (χ0) is 13.7. The largest absolute Gasteiger partial charge is 0.397 e. The summed E-state index contributed by atoms with van der Waals surface area (Å²) in [5, 5.41) is 3.28. The molecule has 0 atom stereocenters. The Morgan fingerprint density at radius 2 is 2.05 bits per heavy atom. The van der Waals surface area contributed by atoms with E-state index in [0.717, 1.165) is 42.9 Å². The quantitative estimate of drug-likeness (QED) is 0.818. The molecule has 0 radical (unpaired) electrons. The second kappa shape index (κ2) is 6.45. The number of nitrogens with one attached hydrogen (secondary N) is 1. The van der Waals surface area contributed by atoms with Crippen LogP contribution in [0.15, 0.2) is 18.2 Å². The van der Waals surface area contributed by atoms with E-state index in [1.807, 2.05) is 30.0 Å². The van der Waals surface area contributed by atoms with E-state index in [2.05, 4.69) is 5.32 Å². The Morgan fingerprint density at radius 1 is 1.32 bits per heavy atom. The summed E-state index contributed by atoms with van der Waals surface area (Å²) in [5.74, 6) is 0.249. The van der Waals surface area contributed by atoms with Gasteiger partial charge in [-0.05, 0) is 37.8 Å². The fourth-order valence-corrected chi connectivity index (χ4v) is 2.53. The molecule has 1 aromatic rings. The predicted octanol–water partition coefficient (Wildman–Crippen LogP) is 2.39. The second-order valence-electron chi connectivity index (χ2n) is 5.16. The summed E-state index contributed by atoms with van der Waals surface area (Å²) in [5.41, 5.74) is 8.73. The number of carbonyl (C=O) groups excluding carboxylic acids is 1. The standard InChI is InChI=1S/C15H23N3O/c1-12-6-5-7-13(16)15(12)17-9-8-14(19)18-10-3-2-4-11-18/h5-7,17H,2-4,8-11,16H2,1H3. The lowest BCUT2D eigenvalue weighted by Crippen LogP contribution is -2.36. The third-order valence-corrected chi connectivity index (χ3v) is 3.65. The normalized spacial score (nSPS) is 15.3. The molecule has 1 aliphatic rings. The summed E-state index contributed by atoms with van der Waals surface area (Å²) in [6, 6.07) is 5.83. The molecule has 0 bridgehead atoms. The van der Waals surface area contributed by atoms with Gasteiger partial charge in [-0.3, -0.25) is 4.79 Å². The number of likely N-dealkylation sites (tertiary alicyclic amines) is 1. The van der Waals surface area contributed by atoms with Crippen LogP contribution >= 0.6 is 0 Å². The third-order valence-electron chi connectivity index (χ3n) is 3.65. The lowest BCUT2D eigenvalue weighted by molar-refractivity contribution is -0.131. The molecule has 19 heavy (non-hydrogen) atoms. The molecule has 1 aromatic carbocycles. The summed E-state index contributed by atoms with van der Waals surface area (Å²) in [6.07, 6.45) is 4.07. The number of hydrogen-bond acceptors (Lipinski definition) is 3. The monoisotopic (exact) mass is 261 g/mol. The molecule has 2 rings (SSSR count). The molecule has 0 spiro atoms. The van der Waals surface area contributed by atoms with Crippen molar-refractivity contribution in [3.8, 4) is 0 Å². The average molecular weight is 261 g/mol. The number of rotatable bonds is 4. The first-order chi connectivity index (χ1) is 9.18. The van der Waals surface area contributed by atoms with Crippen LogP contribution in [-0.4, -0.2) is 30.4 Å². The minimum absolute atomic E-state index is 0.249. The fourth-order valence-electron chi connectivity index (χ4n) is 2.53. The first kappa shape index (κ1) is 13.7. The van der Waals surface area contributed by atoms with Gasteiger partial charge < -0.3 is 16.0 Å². The van der Waals surface area contributed by atoms with Gasteiger partial charge in [0, 0.05) is 26.1 Å². The van der Waals surface area contributed by atoms with E-state index in [4.69, 9.17) is 5.73 Å². The van der Waals surface area contributed by atoms with E-state index in [0.29, 0.717) is 13.0 Å². The maximum Gasteiger partial charge on any atom is 0.224 e. The van der Waals surface area contributed by atoms with E-state index in [-0.39, 0.29) is 5.91 Å². The molecule has 0 aromatic heterocycles. The number of nitrogen functional groups attached to an aromatic ring is 1. The van der Waals surface area contributed by atoms with Gasteiger partial charge in [-0.15, -0.1) is 0 Å². The average Bonchev–Trinajstić information content (AvgIpc) is 2.43. The highest BCUT2D eigenvalue weighted by molar-refractivity contribution is 5.77. The van der Waals surface area contributed by atoms with Crippen molar-refractivity contribution in [3.05, 3.63) is 23.8 Å². The van der Waals surface area contributed by atoms with Crippen LogP contribution in [0.4, 0.5) is 11.4 Å². The van der Waals surface area contributed by atoms with Crippen molar-refractivity contribution in [2.45, 2.75) is 32.6 Å². The van der Waals surface area contributed by atoms with Gasteiger partial charge in [0.2, 0.25) is 5.91 Å². The van der Waals surface area contributed by atoms with Gasteiger partial charge in [0.15, 0.2) is 0 Å². The minimum atomic E-state index is 0.249. The molecule has 1 aliphatic heterocycles. The lowest BCUT2D eigenvalue weighted by atomic mass is 10.1. The molecule has 3 N–H and O–H groups in total. The molecule has 1 saturated heterocycles. The number of para-hydroxylation sites is 1. The minimum Gasteiger partial charge on any atom is -0.397 e. The van der Waals surface area contributed by atoms with Gasteiger partial charge in [-0.1, -0.05) is 12.1 Å². The number of piperidine rings is 1. The first-order valence-electron chi connectivity index (χ1n) is 7.05. The molecule has 1 heterocycles. The maximum absolute atomic E-state index is 12.0. The molecule has 0 unspecified atom stereocenters. The van der Waals surface area contributed by atoms with Gasteiger partial charge >= 0.3 is 0 Å². The van der Waals surface area contributed by atoms with Gasteiger partial charge in [-0.2, -0.15) is 0 Å². The van der Waals surface area contributed by atoms with Crippen LogP contribution in [0, 0.1) is 6.92 Å². The Bertz CT molecular complexity index is 419. The zero-order valence-corrected chi connectivity index (χ0v) is 11.6. The van der Waals surface area contributed by atoms with Gasteiger partial charge in [0.25, 0.3) is 0 Å². The molecule has 4 nitrogen and oxygen atoms in total. The zero-order valence-electron chi connectivity index (χ0n) is 11.6. The van der Waals surface area contributed by atoms with Crippen LogP contribution in [0.25, 0.3) is 0 Å². The van der Waals surface area contributed by atoms with Crippen molar-refractivity contribution in [3.63, 3.8) is 0 Å². The number of nitrogens with two attached hydrogens (primary N) is 1.